The SMILES string of the molecule is CC(C)(O)c1c[nH]c2ccccc12. The highest BCUT2D eigenvalue weighted by molar-refractivity contribution is 5.83. The van der Waals surface area contributed by atoms with Gasteiger partial charge in [0, 0.05) is 22.7 Å². The fraction of sp³-hybridized carbons (Fsp3) is 0.273. The minimum Gasteiger partial charge on any atom is -0.386 e. The van der Waals surface area contributed by atoms with Gasteiger partial charge in [-0.3, -0.25) is 0 Å². The van der Waals surface area contributed by atoms with Crippen molar-refractivity contribution in [2.45, 2.75) is 19.4 Å². The average Bonchev–Trinajstić information content (AvgIpc) is 2.45. The molecule has 2 rings (SSSR count). The van der Waals surface area contributed by atoms with Crippen molar-refractivity contribution in [1.29, 1.82) is 0 Å². The number of rotatable bonds is 1. The molecule has 2 heteroatoms. The monoisotopic (exact) mass is 175 g/mol. The van der Waals surface area contributed by atoms with Crippen molar-refractivity contribution < 1.29 is 5.11 Å². The first-order valence-corrected chi connectivity index (χ1v) is 4.38. The van der Waals surface area contributed by atoms with Crippen LogP contribution in [0.15, 0.2) is 30.5 Å². The van der Waals surface area contributed by atoms with Crippen LogP contribution in [0.4, 0.5) is 0 Å². The highest BCUT2D eigenvalue weighted by Crippen LogP contribution is 2.27. The molecular formula is C11H13NO. The standard InChI is InChI=1S/C11H13NO/c1-11(2,13)9-7-12-10-6-4-3-5-8(9)10/h3-7,12-13H,1-2H3. The average molecular weight is 175 g/mol. The summed E-state index contributed by atoms with van der Waals surface area (Å²) >= 11 is 0. The van der Waals surface area contributed by atoms with Crippen LogP contribution in [0.2, 0.25) is 0 Å². The minimum atomic E-state index is -0.778. The van der Waals surface area contributed by atoms with Crippen LogP contribution in [0, 0.1) is 0 Å². The summed E-state index contributed by atoms with van der Waals surface area (Å²) in [5, 5.41) is 10.9. The quantitative estimate of drug-likeness (QED) is 0.686. The Bertz CT molecular complexity index is 423. The second-order valence-corrected chi connectivity index (χ2v) is 3.81. The van der Waals surface area contributed by atoms with Crippen LogP contribution < -0.4 is 0 Å². The zero-order valence-corrected chi connectivity index (χ0v) is 7.83. The highest BCUT2D eigenvalue weighted by atomic mass is 16.3. The van der Waals surface area contributed by atoms with Gasteiger partial charge >= 0.3 is 0 Å². The molecule has 0 aliphatic carbocycles. The zero-order chi connectivity index (χ0) is 9.47. The predicted molar refractivity (Wildman–Crippen MR) is 53.5 cm³/mol. The number of hydrogen-bond donors (Lipinski definition) is 2. The Morgan fingerprint density at radius 2 is 1.92 bits per heavy atom. The van der Waals surface area contributed by atoms with E-state index in [0.29, 0.717) is 0 Å². The molecule has 13 heavy (non-hydrogen) atoms. The van der Waals surface area contributed by atoms with Crippen molar-refractivity contribution in [3.05, 3.63) is 36.0 Å². The van der Waals surface area contributed by atoms with Crippen LogP contribution in [-0.2, 0) is 5.60 Å². The van der Waals surface area contributed by atoms with Crippen molar-refractivity contribution in [2.75, 3.05) is 0 Å². The van der Waals surface area contributed by atoms with E-state index in [2.05, 4.69) is 4.98 Å². The lowest BCUT2D eigenvalue weighted by Crippen LogP contribution is -2.14. The number of H-pyrrole nitrogens is 1. The Hall–Kier alpha value is -1.28. The number of hydrogen-bond acceptors (Lipinski definition) is 1. The lowest BCUT2D eigenvalue weighted by atomic mass is 9.98. The van der Waals surface area contributed by atoms with Crippen molar-refractivity contribution in [3.63, 3.8) is 0 Å². The van der Waals surface area contributed by atoms with Gasteiger partial charge in [-0.25, -0.2) is 0 Å². The third kappa shape index (κ3) is 1.33. The van der Waals surface area contributed by atoms with Gasteiger partial charge in [-0.05, 0) is 19.9 Å². The van der Waals surface area contributed by atoms with Crippen molar-refractivity contribution in [2.24, 2.45) is 0 Å². The van der Waals surface area contributed by atoms with Crippen LogP contribution in [0.25, 0.3) is 10.9 Å². The maximum absolute atomic E-state index is 9.86. The van der Waals surface area contributed by atoms with Crippen LogP contribution in [-0.4, -0.2) is 10.1 Å². The van der Waals surface area contributed by atoms with Gasteiger partial charge in [0.2, 0.25) is 0 Å². The van der Waals surface area contributed by atoms with Gasteiger partial charge in [-0.15, -0.1) is 0 Å². The lowest BCUT2D eigenvalue weighted by Gasteiger charge is -2.15. The van der Waals surface area contributed by atoms with Crippen LogP contribution in [0.1, 0.15) is 19.4 Å². The molecule has 2 N–H and O–H groups in total. The molecule has 0 atom stereocenters. The fourth-order valence-electron chi connectivity index (χ4n) is 1.58. The molecule has 0 saturated heterocycles. The van der Waals surface area contributed by atoms with Gasteiger partial charge in [0.15, 0.2) is 0 Å². The van der Waals surface area contributed by atoms with Gasteiger partial charge in [0.1, 0.15) is 0 Å². The number of aliphatic hydroxyl groups is 1. The van der Waals surface area contributed by atoms with Crippen molar-refractivity contribution in [1.82, 2.24) is 4.98 Å². The van der Waals surface area contributed by atoms with Crippen molar-refractivity contribution in [3.8, 4) is 0 Å². The van der Waals surface area contributed by atoms with Crippen LogP contribution in [0.3, 0.4) is 0 Å². The van der Waals surface area contributed by atoms with Gasteiger partial charge in [0.25, 0.3) is 0 Å². The van der Waals surface area contributed by atoms with E-state index >= 15 is 0 Å². The van der Waals surface area contributed by atoms with Crippen LogP contribution in [0.5, 0.6) is 0 Å². The molecule has 0 radical (unpaired) electrons. The molecule has 2 aromatic rings. The molecule has 1 aromatic carbocycles. The lowest BCUT2D eigenvalue weighted by molar-refractivity contribution is 0.0802. The molecule has 0 aliphatic heterocycles. The third-order valence-corrected chi connectivity index (χ3v) is 2.25. The first kappa shape index (κ1) is 8.32. The van der Waals surface area contributed by atoms with Crippen molar-refractivity contribution >= 4 is 10.9 Å². The number of benzene rings is 1. The molecule has 0 unspecified atom stereocenters. The number of aromatic nitrogens is 1. The van der Waals surface area contributed by atoms with Gasteiger partial charge in [-0.2, -0.15) is 0 Å². The number of aromatic amines is 1. The first-order chi connectivity index (χ1) is 6.09. The van der Waals surface area contributed by atoms with E-state index in [9.17, 15) is 5.11 Å². The Morgan fingerprint density at radius 3 is 2.62 bits per heavy atom. The molecule has 2 nitrogen and oxygen atoms in total. The third-order valence-electron chi connectivity index (χ3n) is 2.25. The van der Waals surface area contributed by atoms with Crippen LogP contribution >= 0.6 is 0 Å². The summed E-state index contributed by atoms with van der Waals surface area (Å²) in [6.45, 7) is 3.59. The van der Waals surface area contributed by atoms with E-state index < -0.39 is 5.60 Å². The number of nitrogens with one attached hydrogen (secondary N) is 1. The van der Waals surface area contributed by atoms with Gasteiger partial charge in [0.05, 0.1) is 5.60 Å². The Morgan fingerprint density at radius 1 is 1.23 bits per heavy atom. The summed E-state index contributed by atoms with van der Waals surface area (Å²) < 4.78 is 0. The summed E-state index contributed by atoms with van der Waals surface area (Å²) in [5.41, 5.74) is 1.24. The Labute approximate surface area is 77.2 Å². The maximum Gasteiger partial charge on any atom is 0.0861 e. The van der Waals surface area contributed by atoms with Gasteiger partial charge in [-0.1, -0.05) is 18.2 Å². The Kier molecular flexibility index (Phi) is 1.67. The first-order valence-electron chi connectivity index (χ1n) is 4.38. The topological polar surface area (TPSA) is 36.0 Å². The maximum atomic E-state index is 9.86. The molecular weight excluding hydrogens is 162 g/mol. The molecule has 0 amide bonds. The molecule has 0 spiro atoms. The Balaban J connectivity index is 2.72. The summed E-state index contributed by atoms with van der Waals surface area (Å²) in [7, 11) is 0. The molecule has 1 aromatic heterocycles. The molecule has 0 aliphatic rings. The summed E-state index contributed by atoms with van der Waals surface area (Å²) in [5.74, 6) is 0. The second-order valence-electron chi connectivity index (χ2n) is 3.81. The number of para-hydroxylation sites is 1. The molecule has 0 fully saturated rings. The summed E-state index contributed by atoms with van der Waals surface area (Å²) in [6, 6.07) is 7.97. The largest absolute Gasteiger partial charge is 0.386 e. The van der Waals surface area contributed by atoms with E-state index in [4.69, 9.17) is 0 Å². The van der Waals surface area contributed by atoms with Gasteiger partial charge < -0.3 is 10.1 Å². The zero-order valence-electron chi connectivity index (χ0n) is 7.83. The predicted octanol–water partition coefficient (Wildman–Crippen LogP) is 2.40. The molecule has 0 saturated carbocycles. The van der Waals surface area contributed by atoms with E-state index in [1.165, 1.54) is 0 Å². The van der Waals surface area contributed by atoms with E-state index in [-0.39, 0.29) is 0 Å². The molecule has 1 heterocycles. The minimum absolute atomic E-state index is 0.778. The van der Waals surface area contributed by atoms with E-state index in [0.717, 1.165) is 16.5 Å². The molecule has 0 bridgehead atoms. The molecule has 68 valence electrons. The van der Waals surface area contributed by atoms with E-state index in [1.807, 2.05) is 30.5 Å². The smallest absolute Gasteiger partial charge is 0.0861 e. The van der Waals surface area contributed by atoms with E-state index in [1.54, 1.807) is 13.8 Å². The highest BCUT2D eigenvalue weighted by Gasteiger charge is 2.19. The fourth-order valence-corrected chi connectivity index (χ4v) is 1.58. The second kappa shape index (κ2) is 2.60. The summed E-state index contributed by atoms with van der Waals surface area (Å²) in [4.78, 5) is 3.13. The number of fused-ring (bicyclic) bond motifs is 1. The normalized spacial score (nSPS) is 12.2. The summed E-state index contributed by atoms with van der Waals surface area (Å²) in [6.07, 6.45) is 1.87.